The summed E-state index contributed by atoms with van der Waals surface area (Å²) in [6.45, 7) is 9.26. The molecule has 2 rings (SSSR count). The maximum absolute atomic E-state index is 12.3. The Morgan fingerprint density at radius 2 is 2.15 bits per heavy atom. The van der Waals surface area contributed by atoms with E-state index in [0.29, 0.717) is 22.1 Å². The zero-order chi connectivity index (χ0) is 19.4. The minimum Gasteiger partial charge on any atom is -0.384 e. The summed E-state index contributed by atoms with van der Waals surface area (Å²) in [4.78, 5) is 29.9. The van der Waals surface area contributed by atoms with Crippen LogP contribution in [0.4, 0.5) is 10.5 Å². The lowest BCUT2D eigenvalue weighted by molar-refractivity contribution is -0.122. The largest absolute Gasteiger partial charge is 0.384 e. The number of nitrogens with zero attached hydrogens (tertiary/aromatic N) is 2. The molecule has 1 aliphatic rings. The fraction of sp³-hybridized carbons (Fsp3) is 0.222. The highest BCUT2D eigenvalue weighted by Gasteiger charge is 2.31. The summed E-state index contributed by atoms with van der Waals surface area (Å²) in [6, 6.07) is 4.45. The van der Waals surface area contributed by atoms with Crippen LogP contribution in [0, 0.1) is 12.3 Å². The molecule has 3 amide bonds. The number of aliphatic imine (C=N–C) groups is 1. The van der Waals surface area contributed by atoms with E-state index in [4.69, 9.17) is 11.1 Å². The maximum Gasteiger partial charge on any atom is 0.347 e. The van der Waals surface area contributed by atoms with Gasteiger partial charge in [-0.2, -0.15) is 4.99 Å². The molecule has 0 radical (unpaired) electrons. The van der Waals surface area contributed by atoms with Gasteiger partial charge in [0.25, 0.3) is 0 Å². The topological polar surface area (TPSA) is 112 Å². The lowest BCUT2D eigenvalue weighted by atomic mass is 10.1. The van der Waals surface area contributed by atoms with Crippen LogP contribution < -0.4 is 11.1 Å². The van der Waals surface area contributed by atoms with Crippen molar-refractivity contribution in [2.24, 2.45) is 10.7 Å². The van der Waals surface area contributed by atoms with Gasteiger partial charge in [0, 0.05) is 16.9 Å². The van der Waals surface area contributed by atoms with Crippen molar-refractivity contribution in [2.45, 2.75) is 20.8 Å². The molecule has 0 aromatic heterocycles. The predicted octanol–water partition coefficient (Wildman–Crippen LogP) is 3.22. The molecule has 0 aliphatic carbocycles. The van der Waals surface area contributed by atoms with Gasteiger partial charge in [0.1, 0.15) is 5.84 Å². The molecule has 7 nitrogen and oxygen atoms in total. The third kappa shape index (κ3) is 4.20. The molecule has 0 saturated carbocycles. The summed E-state index contributed by atoms with van der Waals surface area (Å²) in [5.41, 5.74) is 8.90. The van der Waals surface area contributed by atoms with Crippen molar-refractivity contribution in [3.8, 4) is 0 Å². The van der Waals surface area contributed by atoms with Gasteiger partial charge in [-0.25, -0.2) is 4.79 Å². The molecule has 1 heterocycles. The fourth-order valence-corrected chi connectivity index (χ4v) is 3.26. The summed E-state index contributed by atoms with van der Waals surface area (Å²) in [5.74, 6) is 0.0457. The van der Waals surface area contributed by atoms with Gasteiger partial charge in [0.2, 0.25) is 5.91 Å². The number of amidine groups is 2. The summed E-state index contributed by atoms with van der Waals surface area (Å²) >= 11 is 1.21. The molecule has 1 aromatic rings. The van der Waals surface area contributed by atoms with E-state index >= 15 is 0 Å². The van der Waals surface area contributed by atoms with Crippen LogP contribution in [0.25, 0.3) is 0 Å². The molecule has 1 saturated heterocycles. The van der Waals surface area contributed by atoms with Crippen molar-refractivity contribution < 1.29 is 9.59 Å². The van der Waals surface area contributed by atoms with Crippen LogP contribution in [-0.4, -0.2) is 33.6 Å². The molecular formula is C18H21N5O2S. The van der Waals surface area contributed by atoms with Crippen LogP contribution in [0.1, 0.15) is 25.0 Å². The Morgan fingerprint density at radius 1 is 1.46 bits per heavy atom. The second-order valence-electron chi connectivity index (χ2n) is 5.88. The van der Waals surface area contributed by atoms with Crippen LogP contribution in [0.15, 0.2) is 47.1 Å². The van der Waals surface area contributed by atoms with Gasteiger partial charge in [0.05, 0.1) is 5.75 Å². The van der Waals surface area contributed by atoms with Crippen LogP contribution >= 0.6 is 11.8 Å². The SMILES string of the molecule is C=CC(=C(C)C)N1C(=O)CS/C1=N\C(=O)Nc1ccc(C(=N)N)cc1C. The average molecular weight is 371 g/mol. The molecule has 26 heavy (non-hydrogen) atoms. The van der Waals surface area contributed by atoms with Crippen molar-refractivity contribution in [1.29, 1.82) is 5.41 Å². The number of carbonyl (C=O) groups excluding carboxylic acids is 2. The Bertz CT molecular complexity index is 853. The minimum absolute atomic E-state index is 0.0404. The number of anilines is 1. The standard InChI is InChI=1S/C18H21N5O2S/c1-5-14(10(2)3)23-15(24)9-26-18(23)22-17(25)21-13-7-6-12(16(19)20)8-11(13)4/h5-8H,1,9H2,2-4H3,(H3,19,20)(H,21,25)/b22-18-. The van der Waals surface area contributed by atoms with E-state index in [1.165, 1.54) is 16.7 Å². The lowest BCUT2D eigenvalue weighted by Gasteiger charge is -2.18. The lowest BCUT2D eigenvalue weighted by Crippen LogP contribution is -2.29. The number of allylic oxidation sites excluding steroid dienone is 2. The Morgan fingerprint density at radius 3 is 2.69 bits per heavy atom. The second-order valence-corrected chi connectivity index (χ2v) is 6.82. The predicted molar refractivity (Wildman–Crippen MR) is 107 cm³/mol. The molecule has 8 heteroatoms. The smallest absolute Gasteiger partial charge is 0.347 e. The molecule has 1 aliphatic heterocycles. The number of carbonyl (C=O) groups is 2. The van der Waals surface area contributed by atoms with Crippen LogP contribution in [-0.2, 0) is 4.79 Å². The van der Waals surface area contributed by atoms with Gasteiger partial charge in [-0.05, 0) is 50.6 Å². The van der Waals surface area contributed by atoms with E-state index in [2.05, 4.69) is 16.9 Å². The molecule has 0 atom stereocenters. The third-order valence-electron chi connectivity index (χ3n) is 3.69. The van der Waals surface area contributed by atoms with E-state index in [0.717, 1.165) is 11.1 Å². The second kappa shape index (κ2) is 8.01. The molecule has 136 valence electrons. The first-order valence-corrected chi connectivity index (χ1v) is 8.83. The molecule has 1 fully saturated rings. The highest BCUT2D eigenvalue weighted by Crippen LogP contribution is 2.26. The Kier molecular flexibility index (Phi) is 5.99. The van der Waals surface area contributed by atoms with Gasteiger partial charge in [-0.1, -0.05) is 23.9 Å². The van der Waals surface area contributed by atoms with Gasteiger partial charge >= 0.3 is 6.03 Å². The van der Waals surface area contributed by atoms with Gasteiger partial charge in [-0.3, -0.25) is 15.1 Å². The summed E-state index contributed by atoms with van der Waals surface area (Å²) in [5, 5.41) is 10.5. The highest BCUT2D eigenvalue weighted by molar-refractivity contribution is 8.15. The summed E-state index contributed by atoms with van der Waals surface area (Å²) in [7, 11) is 0. The molecule has 0 spiro atoms. The number of nitrogens with one attached hydrogen (secondary N) is 2. The summed E-state index contributed by atoms with van der Waals surface area (Å²) in [6.07, 6.45) is 1.58. The number of urea groups is 1. The van der Waals surface area contributed by atoms with Gasteiger partial charge in [0.15, 0.2) is 5.17 Å². The minimum atomic E-state index is -0.581. The van der Waals surface area contributed by atoms with Crippen molar-refractivity contribution >= 4 is 40.4 Å². The van der Waals surface area contributed by atoms with Gasteiger partial charge < -0.3 is 11.1 Å². The first kappa shape index (κ1) is 19.5. The number of rotatable bonds is 4. The number of nitrogens with two attached hydrogens (primary N) is 1. The van der Waals surface area contributed by atoms with Crippen LogP contribution in [0.2, 0.25) is 0 Å². The number of amides is 3. The Labute approximate surface area is 156 Å². The van der Waals surface area contributed by atoms with E-state index in [1.807, 2.05) is 13.8 Å². The van der Waals surface area contributed by atoms with Crippen LogP contribution in [0.5, 0.6) is 0 Å². The normalized spacial score (nSPS) is 15.1. The monoisotopic (exact) mass is 371 g/mol. The first-order valence-electron chi connectivity index (χ1n) is 7.85. The van der Waals surface area contributed by atoms with Crippen molar-refractivity contribution in [3.63, 3.8) is 0 Å². The third-order valence-corrected chi connectivity index (χ3v) is 4.61. The zero-order valence-electron chi connectivity index (χ0n) is 14.9. The fourth-order valence-electron chi connectivity index (χ4n) is 2.40. The van der Waals surface area contributed by atoms with Crippen molar-refractivity contribution in [1.82, 2.24) is 4.90 Å². The average Bonchev–Trinajstić information content (AvgIpc) is 2.90. The van der Waals surface area contributed by atoms with E-state index in [1.54, 1.807) is 31.2 Å². The number of nitrogen functional groups attached to an aromatic ring is 1. The zero-order valence-corrected chi connectivity index (χ0v) is 15.7. The number of hydrogen-bond acceptors (Lipinski definition) is 4. The van der Waals surface area contributed by atoms with Crippen LogP contribution in [0.3, 0.4) is 0 Å². The highest BCUT2D eigenvalue weighted by atomic mass is 32.2. The van der Waals surface area contributed by atoms with E-state index < -0.39 is 6.03 Å². The molecule has 0 unspecified atom stereocenters. The van der Waals surface area contributed by atoms with E-state index in [-0.39, 0.29) is 17.5 Å². The van der Waals surface area contributed by atoms with Crippen molar-refractivity contribution in [3.05, 3.63) is 53.3 Å². The molecular weight excluding hydrogens is 350 g/mol. The van der Waals surface area contributed by atoms with E-state index in [9.17, 15) is 9.59 Å². The summed E-state index contributed by atoms with van der Waals surface area (Å²) < 4.78 is 0. The Hall–Kier alpha value is -2.87. The maximum atomic E-state index is 12.3. The Balaban J connectivity index is 2.25. The molecule has 1 aromatic carbocycles. The number of hydrogen-bond donors (Lipinski definition) is 3. The first-order chi connectivity index (χ1) is 12.2. The van der Waals surface area contributed by atoms with Crippen molar-refractivity contribution in [2.75, 3.05) is 11.1 Å². The molecule has 0 bridgehead atoms. The quantitative estimate of drug-likeness (QED) is 0.428. The number of aryl methyl sites for hydroxylation is 1. The number of benzene rings is 1. The van der Waals surface area contributed by atoms with Gasteiger partial charge in [-0.15, -0.1) is 0 Å². The molecule has 4 N–H and O–H groups in total. The number of thioether (sulfide) groups is 1.